The second kappa shape index (κ2) is 5.68. The zero-order chi connectivity index (χ0) is 16.6. The molecule has 2 heterocycles. The average Bonchev–Trinajstić information content (AvgIpc) is 2.53. The van der Waals surface area contributed by atoms with Crippen molar-refractivity contribution in [1.29, 1.82) is 0 Å². The SMILES string of the molecule is COc1ccc2cnn(-c3nc(C)cc(C)n3)c(=O)c2c1OC. The molecule has 23 heavy (non-hydrogen) atoms. The van der Waals surface area contributed by atoms with Crippen LogP contribution in [0.5, 0.6) is 11.5 Å². The van der Waals surface area contributed by atoms with Crippen LogP contribution in [-0.2, 0) is 0 Å². The summed E-state index contributed by atoms with van der Waals surface area (Å²) in [6.07, 6.45) is 1.58. The summed E-state index contributed by atoms with van der Waals surface area (Å²) in [7, 11) is 3.02. The topological polar surface area (TPSA) is 79.1 Å². The molecule has 0 aliphatic heterocycles. The molecule has 7 heteroatoms. The lowest BCUT2D eigenvalue weighted by Gasteiger charge is -2.11. The van der Waals surface area contributed by atoms with Crippen LogP contribution in [0.4, 0.5) is 0 Å². The Balaban J connectivity index is 2.36. The van der Waals surface area contributed by atoms with Gasteiger partial charge in [0.2, 0.25) is 0 Å². The molecule has 0 saturated heterocycles. The molecule has 0 N–H and O–H groups in total. The van der Waals surface area contributed by atoms with Crippen molar-refractivity contribution in [2.24, 2.45) is 0 Å². The van der Waals surface area contributed by atoms with E-state index in [0.29, 0.717) is 22.3 Å². The van der Waals surface area contributed by atoms with Gasteiger partial charge in [-0.05, 0) is 32.0 Å². The van der Waals surface area contributed by atoms with Crippen molar-refractivity contribution < 1.29 is 9.47 Å². The third-order valence-electron chi connectivity index (χ3n) is 3.46. The van der Waals surface area contributed by atoms with Gasteiger partial charge < -0.3 is 9.47 Å². The Morgan fingerprint density at radius 2 is 1.74 bits per heavy atom. The van der Waals surface area contributed by atoms with Crippen molar-refractivity contribution in [3.63, 3.8) is 0 Å². The Labute approximate surface area is 132 Å². The summed E-state index contributed by atoms with van der Waals surface area (Å²) < 4.78 is 11.8. The van der Waals surface area contributed by atoms with Crippen LogP contribution in [0.2, 0.25) is 0 Å². The van der Waals surface area contributed by atoms with Gasteiger partial charge in [-0.1, -0.05) is 0 Å². The van der Waals surface area contributed by atoms with E-state index in [4.69, 9.17) is 9.47 Å². The largest absolute Gasteiger partial charge is 0.493 e. The Bertz CT molecular complexity index is 930. The second-order valence-corrected chi connectivity index (χ2v) is 5.08. The second-order valence-electron chi connectivity index (χ2n) is 5.08. The first-order chi connectivity index (χ1) is 11.0. The van der Waals surface area contributed by atoms with Crippen LogP contribution < -0.4 is 15.0 Å². The zero-order valence-electron chi connectivity index (χ0n) is 13.3. The molecule has 0 spiro atoms. The highest BCUT2D eigenvalue weighted by atomic mass is 16.5. The van der Waals surface area contributed by atoms with Crippen molar-refractivity contribution >= 4 is 10.8 Å². The Morgan fingerprint density at radius 3 is 2.35 bits per heavy atom. The van der Waals surface area contributed by atoms with E-state index in [0.717, 1.165) is 11.4 Å². The molecule has 0 saturated carbocycles. The van der Waals surface area contributed by atoms with Gasteiger partial charge in [-0.25, -0.2) is 9.97 Å². The first-order valence-electron chi connectivity index (χ1n) is 7.01. The predicted octanol–water partition coefficient (Wildman–Crippen LogP) is 1.81. The molecule has 2 aromatic heterocycles. The van der Waals surface area contributed by atoms with E-state index in [2.05, 4.69) is 15.1 Å². The van der Waals surface area contributed by atoms with Gasteiger partial charge in [0.25, 0.3) is 11.5 Å². The summed E-state index contributed by atoms with van der Waals surface area (Å²) >= 11 is 0. The average molecular weight is 312 g/mol. The molecule has 0 aliphatic rings. The lowest BCUT2D eigenvalue weighted by molar-refractivity contribution is 0.358. The number of hydrogen-bond acceptors (Lipinski definition) is 6. The van der Waals surface area contributed by atoms with Crippen molar-refractivity contribution in [2.45, 2.75) is 13.8 Å². The highest BCUT2D eigenvalue weighted by Crippen LogP contribution is 2.32. The standard InChI is InChI=1S/C16H16N4O3/c1-9-7-10(2)19-16(18-9)20-15(21)13-11(8-17-20)5-6-12(22-3)14(13)23-4/h5-8H,1-4H3. The molecule has 0 radical (unpaired) electrons. The van der Waals surface area contributed by atoms with Crippen LogP contribution >= 0.6 is 0 Å². The van der Waals surface area contributed by atoms with Gasteiger partial charge in [-0.3, -0.25) is 4.79 Å². The van der Waals surface area contributed by atoms with Crippen molar-refractivity contribution in [2.75, 3.05) is 14.2 Å². The molecule has 0 atom stereocenters. The number of benzene rings is 1. The molecule has 0 fully saturated rings. The molecule has 3 rings (SSSR count). The molecule has 1 aromatic carbocycles. The minimum absolute atomic E-state index is 0.235. The monoisotopic (exact) mass is 312 g/mol. The zero-order valence-corrected chi connectivity index (χ0v) is 13.3. The molecule has 0 amide bonds. The van der Waals surface area contributed by atoms with Crippen LogP contribution in [0.1, 0.15) is 11.4 Å². The maximum Gasteiger partial charge on any atom is 0.285 e. The number of hydrogen-bond donors (Lipinski definition) is 0. The van der Waals surface area contributed by atoms with Crippen molar-refractivity contribution in [3.8, 4) is 17.4 Å². The van der Waals surface area contributed by atoms with Crippen LogP contribution in [0, 0.1) is 13.8 Å². The van der Waals surface area contributed by atoms with E-state index in [1.807, 2.05) is 19.9 Å². The van der Waals surface area contributed by atoms with E-state index in [9.17, 15) is 4.79 Å². The third kappa shape index (κ3) is 2.50. The van der Waals surface area contributed by atoms with Gasteiger partial charge in [0.05, 0.1) is 25.8 Å². The lowest BCUT2D eigenvalue weighted by Crippen LogP contribution is -2.24. The molecular weight excluding hydrogens is 296 g/mol. The van der Waals surface area contributed by atoms with Crippen LogP contribution in [0.3, 0.4) is 0 Å². The normalized spacial score (nSPS) is 10.8. The molecule has 0 unspecified atom stereocenters. The van der Waals surface area contributed by atoms with Gasteiger partial charge in [-0.15, -0.1) is 0 Å². The van der Waals surface area contributed by atoms with Crippen LogP contribution in [0.25, 0.3) is 16.7 Å². The highest BCUT2D eigenvalue weighted by Gasteiger charge is 2.16. The Morgan fingerprint density at radius 1 is 1.04 bits per heavy atom. The number of methoxy groups -OCH3 is 2. The number of nitrogens with zero attached hydrogens (tertiary/aromatic N) is 4. The molecule has 7 nitrogen and oxygen atoms in total. The minimum Gasteiger partial charge on any atom is -0.493 e. The number of ether oxygens (including phenoxy) is 2. The minimum atomic E-state index is -0.358. The fourth-order valence-corrected chi connectivity index (χ4v) is 2.49. The van der Waals surface area contributed by atoms with Gasteiger partial charge in [0.1, 0.15) is 0 Å². The van der Waals surface area contributed by atoms with Crippen LogP contribution in [0.15, 0.2) is 29.2 Å². The summed E-state index contributed by atoms with van der Waals surface area (Å²) in [5.74, 6) is 1.09. The van der Waals surface area contributed by atoms with E-state index in [1.165, 1.54) is 18.9 Å². The van der Waals surface area contributed by atoms with E-state index >= 15 is 0 Å². The molecule has 0 bridgehead atoms. The number of aryl methyl sites for hydroxylation is 2. The summed E-state index contributed by atoms with van der Waals surface area (Å²) in [5, 5.41) is 5.21. The quantitative estimate of drug-likeness (QED) is 0.734. The summed E-state index contributed by atoms with van der Waals surface area (Å²) in [4.78, 5) is 21.5. The van der Waals surface area contributed by atoms with Gasteiger partial charge >= 0.3 is 0 Å². The van der Waals surface area contributed by atoms with E-state index in [-0.39, 0.29) is 11.5 Å². The summed E-state index contributed by atoms with van der Waals surface area (Å²) in [5.41, 5.74) is 1.17. The smallest absolute Gasteiger partial charge is 0.285 e. The fourth-order valence-electron chi connectivity index (χ4n) is 2.49. The van der Waals surface area contributed by atoms with Crippen LogP contribution in [-0.4, -0.2) is 34.0 Å². The predicted molar refractivity (Wildman–Crippen MR) is 85.5 cm³/mol. The maximum atomic E-state index is 12.9. The first-order valence-corrected chi connectivity index (χ1v) is 7.01. The van der Waals surface area contributed by atoms with Gasteiger partial charge in [0.15, 0.2) is 11.5 Å². The molecule has 0 aliphatic carbocycles. The molecular formula is C16H16N4O3. The number of aromatic nitrogens is 4. The Kier molecular flexibility index (Phi) is 3.69. The van der Waals surface area contributed by atoms with Gasteiger partial charge in [-0.2, -0.15) is 9.78 Å². The van der Waals surface area contributed by atoms with Gasteiger partial charge in [0, 0.05) is 16.8 Å². The van der Waals surface area contributed by atoms with Crippen molar-refractivity contribution in [1.82, 2.24) is 19.7 Å². The summed E-state index contributed by atoms with van der Waals surface area (Å²) in [6.45, 7) is 3.68. The maximum absolute atomic E-state index is 12.9. The van der Waals surface area contributed by atoms with E-state index < -0.39 is 0 Å². The summed E-state index contributed by atoms with van der Waals surface area (Å²) in [6, 6.07) is 5.33. The number of rotatable bonds is 3. The van der Waals surface area contributed by atoms with Crippen molar-refractivity contribution in [3.05, 3.63) is 46.1 Å². The first kappa shape index (κ1) is 15.0. The van der Waals surface area contributed by atoms with E-state index in [1.54, 1.807) is 18.3 Å². The molecule has 3 aromatic rings. The Hall–Kier alpha value is -2.96. The fraction of sp³-hybridized carbons (Fsp3) is 0.250. The molecule has 118 valence electrons. The highest BCUT2D eigenvalue weighted by molar-refractivity contribution is 5.89. The third-order valence-corrected chi connectivity index (χ3v) is 3.46. The number of fused-ring (bicyclic) bond motifs is 1. The lowest BCUT2D eigenvalue weighted by atomic mass is 10.1.